The molecule has 3 aromatic rings. The predicted octanol–water partition coefficient (Wildman–Crippen LogP) is 2.99. The molecule has 24 heavy (non-hydrogen) atoms. The van der Waals surface area contributed by atoms with Gasteiger partial charge in [-0.2, -0.15) is 0 Å². The van der Waals surface area contributed by atoms with Gasteiger partial charge >= 0.3 is 0 Å². The van der Waals surface area contributed by atoms with E-state index >= 15 is 0 Å². The summed E-state index contributed by atoms with van der Waals surface area (Å²) in [7, 11) is 1.79. The largest absolute Gasteiger partial charge is 0.337 e. The summed E-state index contributed by atoms with van der Waals surface area (Å²) >= 11 is 0. The third kappa shape index (κ3) is 2.99. The average molecular weight is 323 g/mol. The highest BCUT2D eigenvalue weighted by Gasteiger charge is 2.16. The van der Waals surface area contributed by atoms with E-state index in [1.165, 1.54) is 0 Å². The van der Waals surface area contributed by atoms with Crippen molar-refractivity contribution in [1.82, 2.24) is 24.4 Å². The van der Waals surface area contributed by atoms with Crippen LogP contribution in [-0.2, 0) is 6.54 Å². The van der Waals surface area contributed by atoms with Crippen molar-refractivity contribution in [3.05, 3.63) is 53.7 Å². The Morgan fingerprint density at radius 1 is 1.29 bits per heavy atom. The first-order chi connectivity index (χ1) is 11.5. The molecule has 124 valence electrons. The minimum absolute atomic E-state index is 0.0697. The summed E-state index contributed by atoms with van der Waals surface area (Å²) in [5.74, 6) is -0.0697. The molecule has 0 aliphatic heterocycles. The monoisotopic (exact) mass is 323 g/mol. The van der Waals surface area contributed by atoms with Gasteiger partial charge in [0.25, 0.3) is 5.91 Å². The van der Waals surface area contributed by atoms with Gasteiger partial charge in [0.2, 0.25) is 0 Å². The lowest BCUT2D eigenvalue weighted by molar-refractivity contribution is 0.0784. The van der Waals surface area contributed by atoms with Crippen molar-refractivity contribution in [3.63, 3.8) is 0 Å². The fraction of sp³-hybridized carbons (Fsp3) is 0.333. The highest BCUT2D eigenvalue weighted by atomic mass is 16.2. The molecule has 0 saturated heterocycles. The van der Waals surface area contributed by atoms with Gasteiger partial charge in [-0.25, -0.2) is 9.97 Å². The van der Waals surface area contributed by atoms with Crippen LogP contribution in [0.4, 0.5) is 0 Å². The Balaban J connectivity index is 1.84. The molecule has 0 N–H and O–H groups in total. The van der Waals surface area contributed by atoms with Crippen LogP contribution >= 0.6 is 0 Å². The number of carbonyl (C=O) groups excluding carboxylic acids is 1. The molecule has 6 nitrogen and oxygen atoms in total. The SMILES string of the molecule is Cc1cnccc1CN(C)C(=O)c1cnc2c(c1)ncn2C(C)C. The van der Waals surface area contributed by atoms with Crippen molar-refractivity contribution in [2.24, 2.45) is 0 Å². The Hall–Kier alpha value is -2.76. The van der Waals surface area contributed by atoms with Crippen molar-refractivity contribution in [2.45, 2.75) is 33.4 Å². The topological polar surface area (TPSA) is 63.9 Å². The maximum Gasteiger partial charge on any atom is 0.255 e. The highest BCUT2D eigenvalue weighted by Crippen LogP contribution is 2.18. The fourth-order valence-electron chi connectivity index (χ4n) is 2.64. The predicted molar refractivity (Wildman–Crippen MR) is 92.7 cm³/mol. The summed E-state index contributed by atoms with van der Waals surface area (Å²) in [4.78, 5) is 27.2. The van der Waals surface area contributed by atoms with Gasteiger partial charge in [0, 0.05) is 38.2 Å². The number of aryl methyl sites for hydroxylation is 1. The van der Waals surface area contributed by atoms with E-state index in [9.17, 15) is 4.79 Å². The van der Waals surface area contributed by atoms with E-state index < -0.39 is 0 Å². The molecule has 0 fully saturated rings. The summed E-state index contributed by atoms with van der Waals surface area (Å²) in [6.45, 7) is 6.68. The summed E-state index contributed by atoms with van der Waals surface area (Å²) < 4.78 is 1.99. The van der Waals surface area contributed by atoms with Gasteiger partial charge < -0.3 is 9.47 Å². The van der Waals surface area contributed by atoms with Crippen LogP contribution in [0.25, 0.3) is 11.2 Å². The standard InChI is InChI=1S/C18H21N5O/c1-12(2)23-11-21-16-7-15(9-20-17(16)23)18(24)22(4)10-14-5-6-19-8-13(14)3/h5-9,11-12H,10H2,1-4H3. The van der Waals surface area contributed by atoms with E-state index in [4.69, 9.17) is 0 Å². The van der Waals surface area contributed by atoms with E-state index in [0.29, 0.717) is 12.1 Å². The highest BCUT2D eigenvalue weighted by molar-refractivity contribution is 5.96. The van der Waals surface area contributed by atoms with Crippen LogP contribution in [0.3, 0.4) is 0 Å². The number of rotatable bonds is 4. The van der Waals surface area contributed by atoms with Crippen LogP contribution in [0.2, 0.25) is 0 Å². The van der Waals surface area contributed by atoms with Crippen molar-refractivity contribution in [1.29, 1.82) is 0 Å². The molecular formula is C18H21N5O. The molecule has 0 unspecified atom stereocenters. The number of hydrogen-bond donors (Lipinski definition) is 0. The van der Waals surface area contributed by atoms with Crippen molar-refractivity contribution >= 4 is 17.1 Å². The van der Waals surface area contributed by atoms with Gasteiger partial charge in [0.05, 0.1) is 11.9 Å². The lowest BCUT2D eigenvalue weighted by Crippen LogP contribution is -2.26. The Bertz CT molecular complexity index is 884. The third-order valence-corrected chi connectivity index (χ3v) is 4.11. The molecule has 0 aliphatic rings. The van der Waals surface area contributed by atoms with Gasteiger partial charge in [0.1, 0.15) is 5.52 Å². The van der Waals surface area contributed by atoms with E-state index in [-0.39, 0.29) is 11.9 Å². The molecule has 0 radical (unpaired) electrons. The van der Waals surface area contributed by atoms with Gasteiger partial charge in [-0.15, -0.1) is 0 Å². The van der Waals surface area contributed by atoms with Crippen molar-refractivity contribution in [2.75, 3.05) is 7.05 Å². The lowest BCUT2D eigenvalue weighted by Gasteiger charge is -2.18. The number of aromatic nitrogens is 4. The maximum atomic E-state index is 12.7. The van der Waals surface area contributed by atoms with Gasteiger partial charge in [0.15, 0.2) is 5.65 Å². The zero-order valence-corrected chi connectivity index (χ0v) is 14.4. The third-order valence-electron chi connectivity index (χ3n) is 4.11. The number of pyridine rings is 2. The van der Waals surface area contributed by atoms with Crippen LogP contribution in [0.5, 0.6) is 0 Å². The number of imidazole rings is 1. The molecule has 0 aliphatic carbocycles. The number of hydrogen-bond acceptors (Lipinski definition) is 4. The van der Waals surface area contributed by atoms with E-state index in [0.717, 1.165) is 22.3 Å². The number of nitrogens with zero attached hydrogens (tertiary/aromatic N) is 5. The second-order valence-electron chi connectivity index (χ2n) is 6.28. The van der Waals surface area contributed by atoms with Crippen LogP contribution in [0, 0.1) is 6.92 Å². The number of carbonyl (C=O) groups is 1. The zero-order valence-electron chi connectivity index (χ0n) is 14.4. The first-order valence-corrected chi connectivity index (χ1v) is 7.95. The molecule has 3 aromatic heterocycles. The van der Waals surface area contributed by atoms with E-state index in [1.54, 1.807) is 42.9 Å². The second-order valence-corrected chi connectivity index (χ2v) is 6.28. The van der Waals surface area contributed by atoms with Gasteiger partial charge in [-0.3, -0.25) is 9.78 Å². The minimum Gasteiger partial charge on any atom is -0.337 e. The Kier molecular flexibility index (Phi) is 4.29. The van der Waals surface area contributed by atoms with Gasteiger partial charge in [-0.1, -0.05) is 0 Å². The Morgan fingerprint density at radius 3 is 2.79 bits per heavy atom. The zero-order chi connectivity index (χ0) is 17.3. The fourth-order valence-corrected chi connectivity index (χ4v) is 2.64. The maximum absolute atomic E-state index is 12.7. The second kappa shape index (κ2) is 6.39. The Labute approximate surface area is 141 Å². The molecule has 0 bridgehead atoms. The minimum atomic E-state index is -0.0697. The molecular weight excluding hydrogens is 302 g/mol. The summed E-state index contributed by atoms with van der Waals surface area (Å²) in [5, 5.41) is 0. The van der Waals surface area contributed by atoms with Gasteiger partial charge in [-0.05, 0) is 44.0 Å². The Morgan fingerprint density at radius 2 is 2.08 bits per heavy atom. The van der Waals surface area contributed by atoms with Crippen LogP contribution in [-0.4, -0.2) is 37.4 Å². The first-order valence-electron chi connectivity index (χ1n) is 7.95. The van der Waals surface area contributed by atoms with Crippen LogP contribution < -0.4 is 0 Å². The molecule has 0 aromatic carbocycles. The summed E-state index contributed by atoms with van der Waals surface area (Å²) in [5.41, 5.74) is 4.24. The van der Waals surface area contributed by atoms with Crippen molar-refractivity contribution < 1.29 is 4.79 Å². The average Bonchev–Trinajstić information content (AvgIpc) is 2.99. The quantitative estimate of drug-likeness (QED) is 0.740. The van der Waals surface area contributed by atoms with Crippen LogP contribution in [0.15, 0.2) is 37.1 Å². The smallest absolute Gasteiger partial charge is 0.255 e. The lowest BCUT2D eigenvalue weighted by atomic mass is 10.1. The molecule has 0 spiro atoms. The molecule has 3 heterocycles. The molecule has 1 amide bonds. The van der Waals surface area contributed by atoms with Crippen molar-refractivity contribution in [3.8, 4) is 0 Å². The summed E-state index contributed by atoms with van der Waals surface area (Å²) in [6, 6.07) is 4.02. The number of amides is 1. The molecule has 0 saturated carbocycles. The van der Waals surface area contributed by atoms with E-state index in [1.807, 2.05) is 17.6 Å². The summed E-state index contributed by atoms with van der Waals surface area (Å²) in [6.07, 6.45) is 6.94. The molecule has 0 atom stereocenters. The van der Waals surface area contributed by atoms with E-state index in [2.05, 4.69) is 28.8 Å². The van der Waals surface area contributed by atoms with Crippen LogP contribution in [0.1, 0.15) is 41.4 Å². The molecule has 3 rings (SSSR count). The normalized spacial score (nSPS) is 11.2. The molecule has 6 heteroatoms. The number of fused-ring (bicyclic) bond motifs is 1. The first kappa shape index (κ1) is 16.1.